The Bertz CT molecular complexity index is 1300. The fourth-order valence-corrected chi connectivity index (χ4v) is 5.23. The van der Waals surface area contributed by atoms with Crippen LogP contribution in [0.3, 0.4) is 0 Å². The topological polar surface area (TPSA) is 117 Å². The summed E-state index contributed by atoms with van der Waals surface area (Å²) in [7, 11) is 0. The van der Waals surface area contributed by atoms with Crippen LogP contribution in [0.1, 0.15) is 46.5 Å². The summed E-state index contributed by atoms with van der Waals surface area (Å²) in [6.45, 7) is 2.27. The van der Waals surface area contributed by atoms with Gasteiger partial charge < -0.3 is 16.0 Å². The van der Waals surface area contributed by atoms with Crippen molar-refractivity contribution < 1.29 is 4.79 Å². The van der Waals surface area contributed by atoms with Crippen LogP contribution >= 0.6 is 11.3 Å². The van der Waals surface area contributed by atoms with Crippen LogP contribution < -0.4 is 21.5 Å². The lowest BCUT2D eigenvalue weighted by molar-refractivity contribution is 0.0956. The molecule has 3 aromatic rings. The highest BCUT2D eigenvalue weighted by Gasteiger charge is 2.26. The summed E-state index contributed by atoms with van der Waals surface area (Å²) in [5, 5.41) is 12.5. The molecular weight excluding hydrogens is 436 g/mol. The Hall–Kier alpha value is -3.22. The SMILES string of the molecule is N#Cc1ccccc1Cn1c(N2CCCC(N)C2)nc2cc(C(=O)NCC3CC3)sc2c1=O. The third-order valence-electron chi connectivity index (χ3n) is 6.29. The van der Waals surface area contributed by atoms with E-state index in [4.69, 9.17) is 10.7 Å². The van der Waals surface area contributed by atoms with Crippen LogP contribution in [-0.2, 0) is 6.54 Å². The number of nitrogens with zero attached hydrogens (tertiary/aromatic N) is 4. The highest BCUT2D eigenvalue weighted by Crippen LogP contribution is 2.29. The van der Waals surface area contributed by atoms with Gasteiger partial charge in [-0.1, -0.05) is 18.2 Å². The minimum Gasteiger partial charge on any atom is -0.351 e. The van der Waals surface area contributed by atoms with E-state index >= 15 is 0 Å². The second-order valence-corrected chi connectivity index (χ2v) is 9.95. The summed E-state index contributed by atoms with van der Waals surface area (Å²) in [5.74, 6) is 0.958. The van der Waals surface area contributed by atoms with Gasteiger partial charge in [0, 0.05) is 25.7 Å². The molecular formula is C24H26N6O2S. The van der Waals surface area contributed by atoms with Crippen LogP contribution in [0, 0.1) is 17.2 Å². The largest absolute Gasteiger partial charge is 0.351 e. The minimum atomic E-state index is -0.201. The summed E-state index contributed by atoms with van der Waals surface area (Å²) in [6.07, 6.45) is 4.17. The Balaban J connectivity index is 1.58. The molecule has 0 bridgehead atoms. The van der Waals surface area contributed by atoms with Crippen molar-refractivity contribution in [2.24, 2.45) is 11.7 Å². The molecule has 8 nitrogen and oxygen atoms in total. The zero-order valence-corrected chi connectivity index (χ0v) is 19.1. The number of aromatic nitrogens is 2. The number of carbonyl (C=O) groups excluding carboxylic acids is 1. The molecule has 2 fully saturated rings. The van der Waals surface area contributed by atoms with Crippen molar-refractivity contribution in [2.45, 2.75) is 38.3 Å². The van der Waals surface area contributed by atoms with Gasteiger partial charge in [-0.3, -0.25) is 14.2 Å². The number of piperidine rings is 1. The van der Waals surface area contributed by atoms with Crippen molar-refractivity contribution >= 4 is 33.4 Å². The molecule has 1 amide bonds. The molecule has 1 atom stereocenters. The van der Waals surface area contributed by atoms with Gasteiger partial charge >= 0.3 is 0 Å². The van der Waals surface area contributed by atoms with E-state index in [1.807, 2.05) is 18.2 Å². The van der Waals surface area contributed by atoms with Crippen molar-refractivity contribution in [1.29, 1.82) is 5.26 Å². The second-order valence-electron chi connectivity index (χ2n) is 8.90. The summed E-state index contributed by atoms with van der Waals surface area (Å²) in [6, 6.07) is 11.2. The molecule has 1 unspecified atom stereocenters. The Labute approximate surface area is 195 Å². The molecule has 5 rings (SSSR count). The van der Waals surface area contributed by atoms with Crippen LogP contribution in [0.4, 0.5) is 5.95 Å². The van der Waals surface area contributed by atoms with Crippen molar-refractivity contribution in [2.75, 3.05) is 24.5 Å². The number of anilines is 1. The summed E-state index contributed by atoms with van der Waals surface area (Å²) in [5.41, 5.74) is 7.82. The number of amides is 1. The van der Waals surface area contributed by atoms with Gasteiger partial charge in [0.2, 0.25) is 5.95 Å². The Kier molecular flexibility index (Phi) is 5.87. The lowest BCUT2D eigenvalue weighted by Gasteiger charge is -2.33. The van der Waals surface area contributed by atoms with Crippen LogP contribution in [0.2, 0.25) is 0 Å². The maximum absolute atomic E-state index is 13.7. The predicted octanol–water partition coefficient (Wildman–Crippen LogP) is 2.45. The Morgan fingerprint density at radius 3 is 2.88 bits per heavy atom. The van der Waals surface area contributed by atoms with Gasteiger partial charge in [-0.15, -0.1) is 11.3 Å². The summed E-state index contributed by atoms with van der Waals surface area (Å²) < 4.78 is 2.07. The van der Waals surface area contributed by atoms with Crippen molar-refractivity contribution in [3.05, 3.63) is 56.7 Å². The zero-order chi connectivity index (χ0) is 22.9. The van der Waals surface area contributed by atoms with E-state index in [1.165, 1.54) is 11.3 Å². The molecule has 0 radical (unpaired) electrons. The van der Waals surface area contributed by atoms with E-state index in [9.17, 15) is 14.9 Å². The molecule has 0 spiro atoms. The highest BCUT2D eigenvalue weighted by molar-refractivity contribution is 7.20. The minimum absolute atomic E-state index is 0.0115. The lowest BCUT2D eigenvalue weighted by atomic mass is 10.1. The first-order valence-electron chi connectivity index (χ1n) is 11.3. The maximum atomic E-state index is 13.7. The van der Waals surface area contributed by atoms with E-state index in [-0.39, 0.29) is 24.1 Å². The number of nitrogens with one attached hydrogen (secondary N) is 1. The highest BCUT2D eigenvalue weighted by atomic mass is 32.1. The third-order valence-corrected chi connectivity index (χ3v) is 7.40. The van der Waals surface area contributed by atoms with E-state index in [0.717, 1.165) is 37.8 Å². The predicted molar refractivity (Wildman–Crippen MR) is 129 cm³/mol. The molecule has 170 valence electrons. The van der Waals surface area contributed by atoms with Crippen LogP contribution in [0.15, 0.2) is 35.1 Å². The first-order valence-corrected chi connectivity index (χ1v) is 12.2. The van der Waals surface area contributed by atoms with Gasteiger partial charge in [-0.05, 0) is 49.3 Å². The molecule has 2 aliphatic rings. The van der Waals surface area contributed by atoms with Crippen LogP contribution in [0.5, 0.6) is 0 Å². The molecule has 1 saturated carbocycles. The van der Waals surface area contributed by atoms with E-state index in [2.05, 4.69) is 16.3 Å². The zero-order valence-electron chi connectivity index (χ0n) is 18.3. The molecule has 1 aliphatic carbocycles. The molecule has 33 heavy (non-hydrogen) atoms. The first-order chi connectivity index (χ1) is 16.0. The Morgan fingerprint density at radius 2 is 2.12 bits per heavy atom. The molecule has 9 heteroatoms. The fourth-order valence-electron chi connectivity index (χ4n) is 4.27. The molecule has 3 heterocycles. The van der Waals surface area contributed by atoms with E-state index in [1.54, 1.807) is 16.7 Å². The number of carbonyl (C=O) groups is 1. The molecule has 1 aliphatic heterocycles. The van der Waals surface area contributed by atoms with Crippen LogP contribution in [-0.4, -0.2) is 41.1 Å². The second kappa shape index (κ2) is 8.96. The number of rotatable bonds is 6. The summed E-state index contributed by atoms with van der Waals surface area (Å²) >= 11 is 1.18. The van der Waals surface area contributed by atoms with Crippen LogP contribution in [0.25, 0.3) is 10.2 Å². The Morgan fingerprint density at radius 1 is 1.30 bits per heavy atom. The van der Waals surface area contributed by atoms with Crippen molar-refractivity contribution in [3.63, 3.8) is 0 Å². The number of hydrogen-bond donors (Lipinski definition) is 2. The normalized spacial score (nSPS) is 18.3. The molecule has 1 aromatic carbocycles. The molecule has 1 saturated heterocycles. The molecule has 3 N–H and O–H groups in total. The van der Waals surface area contributed by atoms with E-state index < -0.39 is 0 Å². The van der Waals surface area contributed by atoms with Gasteiger partial charge in [0.1, 0.15) is 4.70 Å². The monoisotopic (exact) mass is 462 g/mol. The van der Waals surface area contributed by atoms with Gasteiger partial charge in [0.25, 0.3) is 11.5 Å². The quantitative estimate of drug-likeness (QED) is 0.581. The number of nitrogens with two attached hydrogens (primary N) is 1. The van der Waals surface area contributed by atoms with Gasteiger partial charge in [0.05, 0.1) is 28.6 Å². The van der Waals surface area contributed by atoms with Gasteiger partial charge in [-0.25, -0.2) is 4.98 Å². The first kappa shape index (κ1) is 21.6. The van der Waals surface area contributed by atoms with Crippen molar-refractivity contribution in [1.82, 2.24) is 14.9 Å². The number of fused-ring (bicyclic) bond motifs is 1. The fraction of sp³-hybridized carbons (Fsp3) is 0.417. The average molecular weight is 463 g/mol. The number of hydrogen-bond acceptors (Lipinski definition) is 7. The van der Waals surface area contributed by atoms with Crippen molar-refractivity contribution in [3.8, 4) is 6.07 Å². The number of benzene rings is 1. The number of thiophene rings is 1. The lowest BCUT2D eigenvalue weighted by Crippen LogP contribution is -2.45. The van der Waals surface area contributed by atoms with Gasteiger partial charge in [0.15, 0.2) is 0 Å². The summed E-state index contributed by atoms with van der Waals surface area (Å²) in [4.78, 5) is 33.7. The third kappa shape index (κ3) is 4.49. The van der Waals surface area contributed by atoms with E-state index in [0.29, 0.717) is 45.6 Å². The van der Waals surface area contributed by atoms with Gasteiger partial charge in [-0.2, -0.15) is 5.26 Å². The number of nitriles is 1. The smallest absolute Gasteiger partial charge is 0.273 e. The molecule has 2 aromatic heterocycles. The average Bonchev–Trinajstić information content (AvgIpc) is 3.55. The maximum Gasteiger partial charge on any atom is 0.273 e. The standard InChI is InChI=1S/C24H26N6O2S/c25-11-16-4-1-2-5-17(16)13-30-23(32)21-19(28-24(30)29-9-3-6-18(26)14-29)10-20(33-21)22(31)27-12-15-7-8-15/h1-2,4-5,10,15,18H,3,6-9,12-14,26H2,(H,27,31).